The van der Waals surface area contributed by atoms with E-state index in [2.05, 4.69) is 62.2 Å². The Hall–Kier alpha value is -1.97. The van der Waals surface area contributed by atoms with E-state index in [0.717, 1.165) is 38.5 Å². The molecular weight excluding hydrogens is 380 g/mol. The molecule has 2 N–H and O–H groups in total. The number of aliphatic imine (C=N–C) groups is 2. The van der Waals surface area contributed by atoms with Gasteiger partial charge in [-0.25, -0.2) is 24.4 Å². The van der Waals surface area contributed by atoms with E-state index in [1.54, 1.807) is 12.2 Å². The quantitative estimate of drug-likeness (QED) is 0.501. The molecule has 4 atom stereocenters. The average Bonchev–Trinajstić information content (AvgIpc) is 2.55. The number of carbonyl (C=O) groups is 1. The van der Waals surface area contributed by atoms with E-state index in [1.807, 2.05) is 0 Å². The zero-order valence-corrected chi connectivity index (χ0v) is 19.4. The van der Waals surface area contributed by atoms with Gasteiger partial charge in [0.2, 0.25) is 12.2 Å². The SMILES string of the molecule is CC1(C)CC(N=C=O)CC(C)(CNC(=O)NCC2(C)CC(N=C=O)CC(C)(C)C2)C1. The molecule has 7 nitrogen and oxygen atoms in total. The first-order valence-electron chi connectivity index (χ1n) is 11.0. The van der Waals surface area contributed by atoms with Crippen molar-refractivity contribution in [2.45, 2.75) is 92.2 Å². The van der Waals surface area contributed by atoms with E-state index in [9.17, 15) is 14.4 Å². The van der Waals surface area contributed by atoms with E-state index < -0.39 is 0 Å². The third-order valence-corrected chi connectivity index (χ3v) is 6.67. The molecule has 30 heavy (non-hydrogen) atoms. The molecule has 0 spiro atoms. The topological polar surface area (TPSA) is 100.0 Å². The van der Waals surface area contributed by atoms with E-state index >= 15 is 0 Å². The Bertz CT molecular complexity index is 677. The van der Waals surface area contributed by atoms with Gasteiger partial charge in [-0.1, -0.05) is 41.5 Å². The van der Waals surface area contributed by atoms with Crippen molar-refractivity contribution in [3.63, 3.8) is 0 Å². The summed E-state index contributed by atoms with van der Waals surface area (Å²) >= 11 is 0. The molecule has 0 aromatic rings. The van der Waals surface area contributed by atoms with Crippen molar-refractivity contribution >= 4 is 18.2 Å². The molecule has 7 heteroatoms. The number of nitrogens with one attached hydrogen (secondary N) is 2. The molecule has 0 radical (unpaired) electrons. The number of amides is 2. The first kappa shape index (κ1) is 24.3. The van der Waals surface area contributed by atoms with Crippen molar-refractivity contribution < 1.29 is 14.4 Å². The highest BCUT2D eigenvalue weighted by molar-refractivity contribution is 5.73. The summed E-state index contributed by atoms with van der Waals surface area (Å²) < 4.78 is 0. The zero-order chi connectivity index (χ0) is 22.6. The van der Waals surface area contributed by atoms with E-state index in [4.69, 9.17) is 0 Å². The van der Waals surface area contributed by atoms with Crippen LogP contribution in [0.25, 0.3) is 0 Å². The Kier molecular flexibility index (Phi) is 7.32. The van der Waals surface area contributed by atoms with Crippen molar-refractivity contribution in [2.24, 2.45) is 31.6 Å². The fraction of sp³-hybridized carbons (Fsp3) is 0.870. The third kappa shape index (κ3) is 7.07. The minimum atomic E-state index is -0.185. The molecule has 0 saturated heterocycles. The fourth-order valence-corrected chi connectivity index (χ4v) is 6.41. The maximum atomic E-state index is 12.6. The van der Waals surface area contributed by atoms with Gasteiger partial charge in [0.05, 0.1) is 12.1 Å². The Labute approximate surface area is 180 Å². The van der Waals surface area contributed by atoms with Gasteiger partial charge in [-0.3, -0.25) is 0 Å². The number of nitrogens with zero attached hydrogens (tertiary/aromatic N) is 2. The van der Waals surface area contributed by atoms with Crippen LogP contribution in [0.1, 0.15) is 80.1 Å². The van der Waals surface area contributed by atoms with Gasteiger partial charge in [0, 0.05) is 13.1 Å². The normalized spacial score (nSPS) is 34.7. The van der Waals surface area contributed by atoms with Crippen molar-refractivity contribution in [3.05, 3.63) is 0 Å². The number of urea groups is 1. The van der Waals surface area contributed by atoms with Crippen LogP contribution in [0.4, 0.5) is 4.79 Å². The summed E-state index contributed by atoms with van der Waals surface area (Å²) in [5.74, 6) is 0. The molecule has 0 aromatic heterocycles. The molecule has 2 aliphatic carbocycles. The summed E-state index contributed by atoms with van der Waals surface area (Å²) in [6.45, 7) is 14.1. The second-order valence-corrected chi connectivity index (χ2v) is 11.9. The van der Waals surface area contributed by atoms with Gasteiger partial charge in [0.15, 0.2) is 0 Å². The lowest BCUT2D eigenvalue weighted by Gasteiger charge is -2.46. The van der Waals surface area contributed by atoms with Crippen LogP contribution in [0.15, 0.2) is 9.98 Å². The summed E-state index contributed by atoms with van der Waals surface area (Å²) in [4.78, 5) is 42.0. The van der Waals surface area contributed by atoms with Gasteiger partial charge in [-0.15, -0.1) is 0 Å². The standard InChI is InChI=1S/C23H38N4O3/c1-20(2)7-17(26-15-28)9-22(5,11-20)13-24-19(30)25-14-23(6)10-18(27-16-29)8-21(3,4)12-23/h17-18H,7-14H2,1-6H3,(H2,24,25,30). The predicted molar refractivity (Wildman–Crippen MR) is 117 cm³/mol. The lowest BCUT2D eigenvalue weighted by Crippen LogP contribution is -2.50. The highest BCUT2D eigenvalue weighted by Gasteiger charge is 2.43. The largest absolute Gasteiger partial charge is 0.338 e. The van der Waals surface area contributed by atoms with Gasteiger partial charge < -0.3 is 10.6 Å². The average molecular weight is 419 g/mol. The summed E-state index contributed by atoms with van der Waals surface area (Å²) in [5, 5.41) is 6.06. The highest BCUT2D eigenvalue weighted by atomic mass is 16.2. The second kappa shape index (κ2) is 9.03. The van der Waals surface area contributed by atoms with Crippen LogP contribution in [0.3, 0.4) is 0 Å². The first-order valence-corrected chi connectivity index (χ1v) is 11.0. The van der Waals surface area contributed by atoms with Crippen molar-refractivity contribution in [1.82, 2.24) is 10.6 Å². The Morgan fingerprint density at radius 1 is 0.767 bits per heavy atom. The van der Waals surface area contributed by atoms with Crippen LogP contribution in [-0.2, 0) is 9.59 Å². The van der Waals surface area contributed by atoms with Gasteiger partial charge >= 0.3 is 6.03 Å². The predicted octanol–water partition coefficient (Wildman–Crippen LogP) is 4.13. The maximum Gasteiger partial charge on any atom is 0.314 e. The molecule has 168 valence electrons. The lowest BCUT2D eigenvalue weighted by molar-refractivity contribution is 0.0805. The van der Waals surface area contributed by atoms with Crippen LogP contribution in [0.5, 0.6) is 0 Å². The molecule has 0 bridgehead atoms. The zero-order valence-electron chi connectivity index (χ0n) is 19.4. The van der Waals surface area contributed by atoms with Crippen LogP contribution >= 0.6 is 0 Å². The lowest BCUT2D eigenvalue weighted by atomic mass is 9.62. The van der Waals surface area contributed by atoms with Crippen molar-refractivity contribution in [1.29, 1.82) is 0 Å². The van der Waals surface area contributed by atoms with Gasteiger partial charge in [-0.2, -0.15) is 0 Å². The van der Waals surface area contributed by atoms with Gasteiger partial charge in [0.1, 0.15) is 0 Å². The van der Waals surface area contributed by atoms with Crippen LogP contribution in [0.2, 0.25) is 0 Å². The summed E-state index contributed by atoms with van der Waals surface area (Å²) in [6, 6.07) is -0.269. The van der Waals surface area contributed by atoms with E-state index in [1.165, 1.54) is 0 Å². The number of hydrogen-bond donors (Lipinski definition) is 2. The smallest absolute Gasteiger partial charge is 0.314 e. The van der Waals surface area contributed by atoms with Gasteiger partial charge in [0.25, 0.3) is 0 Å². The minimum Gasteiger partial charge on any atom is -0.338 e. The van der Waals surface area contributed by atoms with Gasteiger partial charge in [-0.05, 0) is 60.2 Å². The Balaban J connectivity index is 1.92. The third-order valence-electron chi connectivity index (χ3n) is 6.67. The summed E-state index contributed by atoms with van der Waals surface area (Å²) in [5.41, 5.74) is -0.119. The first-order chi connectivity index (χ1) is 13.8. The van der Waals surface area contributed by atoms with Crippen molar-refractivity contribution in [2.75, 3.05) is 13.1 Å². The molecule has 0 aromatic carbocycles. The molecule has 2 fully saturated rings. The Morgan fingerprint density at radius 3 is 1.47 bits per heavy atom. The van der Waals surface area contributed by atoms with Crippen molar-refractivity contribution in [3.8, 4) is 0 Å². The maximum absolute atomic E-state index is 12.6. The van der Waals surface area contributed by atoms with Crippen LogP contribution in [0, 0.1) is 21.7 Å². The van der Waals surface area contributed by atoms with E-state index in [-0.39, 0.29) is 39.8 Å². The van der Waals surface area contributed by atoms with Crippen LogP contribution < -0.4 is 10.6 Å². The molecule has 4 unspecified atom stereocenters. The van der Waals surface area contributed by atoms with E-state index in [0.29, 0.717) is 13.1 Å². The van der Waals surface area contributed by atoms with Crippen LogP contribution in [-0.4, -0.2) is 43.4 Å². The fourth-order valence-electron chi connectivity index (χ4n) is 6.41. The number of carbonyl (C=O) groups excluding carboxylic acids is 3. The summed E-state index contributed by atoms with van der Waals surface area (Å²) in [6.07, 6.45) is 8.59. The highest BCUT2D eigenvalue weighted by Crippen LogP contribution is 2.47. The molecule has 2 amide bonds. The number of isocyanates is 2. The monoisotopic (exact) mass is 418 g/mol. The molecular formula is C23H38N4O3. The second-order valence-electron chi connectivity index (χ2n) is 11.9. The molecule has 2 aliphatic rings. The minimum absolute atomic E-state index is 0.0419. The Morgan fingerprint density at radius 2 is 1.13 bits per heavy atom. The number of rotatable bonds is 6. The number of hydrogen-bond acceptors (Lipinski definition) is 5. The molecule has 0 heterocycles. The molecule has 2 rings (SSSR count). The molecule has 2 saturated carbocycles. The summed E-state index contributed by atoms with van der Waals surface area (Å²) in [7, 11) is 0. The molecule has 0 aliphatic heterocycles.